The van der Waals surface area contributed by atoms with Crippen molar-refractivity contribution in [3.63, 3.8) is 0 Å². The van der Waals surface area contributed by atoms with Gasteiger partial charge in [-0.15, -0.1) is 4.72 Å². The lowest BCUT2D eigenvalue weighted by atomic mass is 9.83. The Balaban J connectivity index is 2.64. The van der Waals surface area contributed by atoms with Crippen molar-refractivity contribution in [3.05, 3.63) is 28.0 Å². The Morgan fingerprint density at radius 3 is 2.70 bits per heavy atom. The minimum Gasteiger partial charge on any atom is -0.598 e. The smallest absolute Gasteiger partial charge is 0.250 e. The molecule has 5 nitrogen and oxygen atoms in total. The van der Waals surface area contributed by atoms with Crippen molar-refractivity contribution in [2.24, 2.45) is 5.73 Å². The highest BCUT2D eigenvalue weighted by Gasteiger charge is 2.56. The number of benzene rings is 1. The Morgan fingerprint density at radius 1 is 1.57 bits per heavy atom. The molecule has 0 radical (unpaired) electrons. The van der Waals surface area contributed by atoms with E-state index in [0.717, 1.165) is 0 Å². The van der Waals surface area contributed by atoms with E-state index in [-0.39, 0.29) is 15.8 Å². The molecule has 0 aromatic heterocycles. The number of ether oxygens (including phenoxy) is 1. The highest BCUT2D eigenvalue weighted by Crippen LogP contribution is 2.43. The van der Waals surface area contributed by atoms with Crippen LogP contribution in [-0.2, 0) is 21.7 Å². The van der Waals surface area contributed by atoms with Crippen LogP contribution in [0, 0.1) is 5.82 Å². The van der Waals surface area contributed by atoms with Crippen LogP contribution in [0.2, 0.25) is 0 Å². The summed E-state index contributed by atoms with van der Waals surface area (Å²) in [5.41, 5.74) is 3.18. The van der Waals surface area contributed by atoms with E-state index in [2.05, 4.69) is 20.7 Å². The number of fused-ring (bicyclic) bond motifs is 1. The molecule has 1 aromatic rings. The minimum absolute atomic E-state index is 0.101. The number of halogens is 3. The fourth-order valence-electron chi connectivity index (χ4n) is 2.19. The van der Waals surface area contributed by atoms with Crippen LogP contribution in [0.5, 0.6) is 5.75 Å². The third-order valence-electron chi connectivity index (χ3n) is 3.52. The molecular formula is C14H17BrF2N2O3S. The number of nitrogens with two attached hydrogens (primary N) is 1. The lowest BCUT2D eigenvalue weighted by Crippen LogP contribution is -2.65. The minimum atomic E-state index is -2.13. The van der Waals surface area contributed by atoms with Crippen LogP contribution in [0.1, 0.15) is 26.3 Å². The molecule has 0 bridgehead atoms. The molecular weight excluding hydrogens is 394 g/mol. The van der Waals surface area contributed by atoms with Gasteiger partial charge in [0.25, 0.3) is 0 Å². The molecule has 0 saturated carbocycles. The zero-order chi connectivity index (χ0) is 17.6. The summed E-state index contributed by atoms with van der Waals surface area (Å²) in [4.78, 5) is 12.1. The van der Waals surface area contributed by atoms with Crippen molar-refractivity contribution in [3.8, 4) is 5.75 Å². The standard InChI is InChI=1S/C14H17BrF2N2O3S/c1-13(2,3)23(21)19-14(12(18)20)7-4-5-8(15)10(17)11(7)22-6-9(14)16/h4-5,9,19H,6H2,1-3H3,(H2,18,20)/t9-,14+,23?/m0/s1. The molecule has 0 spiro atoms. The molecule has 1 aromatic carbocycles. The second-order valence-corrected chi connectivity index (χ2v) is 8.99. The van der Waals surface area contributed by atoms with Crippen LogP contribution in [0.25, 0.3) is 0 Å². The van der Waals surface area contributed by atoms with Crippen LogP contribution in [0.4, 0.5) is 8.78 Å². The number of hydrogen-bond acceptors (Lipinski definition) is 4. The van der Waals surface area contributed by atoms with Gasteiger partial charge in [-0.1, -0.05) is 6.07 Å². The van der Waals surface area contributed by atoms with Gasteiger partial charge in [-0.25, -0.2) is 8.78 Å². The van der Waals surface area contributed by atoms with Gasteiger partial charge in [0, 0.05) is 16.9 Å². The molecule has 1 aliphatic rings. The highest BCUT2D eigenvalue weighted by atomic mass is 79.9. The zero-order valence-corrected chi connectivity index (χ0v) is 15.2. The van der Waals surface area contributed by atoms with Crippen molar-refractivity contribution in [2.75, 3.05) is 6.61 Å². The van der Waals surface area contributed by atoms with Gasteiger partial charge in [-0.3, -0.25) is 4.79 Å². The fraction of sp³-hybridized carbons (Fsp3) is 0.500. The topological polar surface area (TPSA) is 87.4 Å². The van der Waals surface area contributed by atoms with Gasteiger partial charge in [-0.05, 0) is 42.8 Å². The maximum atomic E-state index is 14.7. The summed E-state index contributed by atoms with van der Waals surface area (Å²) in [6, 6.07) is 2.64. The normalized spacial score (nSPS) is 25.4. The third kappa shape index (κ3) is 3.07. The number of carbonyl (C=O) groups is 1. The number of alkyl halides is 1. The van der Waals surface area contributed by atoms with Crippen molar-refractivity contribution in [1.29, 1.82) is 0 Å². The Bertz CT molecular complexity index is 641. The zero-order valence-electron chi connectivity index (χ0n) is 12.8. The van der Waals surface area contributed by atoms with Gasteiger partial charge in [-0.2, -0.15) is 0 Å². The van der Waals surface area contributed by atoms with Gasteiger partial charge in [0.05, 0.1) is 4.47 Å². The van der Waals surface area contributed by atoms with Crippen LogP contribution < -0.4 is 15.2 Å². The molecule has 9 heteroatoms. The van der Waals surface area contributed by atoms with Gasteiger partial charge >= 0.3 is 0 Å². The third-order valence-corrected chi connectivity index (χ3v) is 5.75. The summed E-state index contributed by atoms with van der Waals surface area (Å²) in [6.07, 6.45) is -1.92. The maximum Gasteiger partial charge on any atom is 0.250 e. The monoisotopic (exact) mass is 410 g/mol. The van der Waals surface area contributed by atoms with Crippen molar-refractivity contribution in [2.45, 2.75) is 37.2 Å². The molecule has 1 amide bonds. The first-order chi connectivity index (χ1) is 10.5. The Labute approximate surface area is 144 Å². The van der Waals surface area contributed by atoms with E-state index in [1.54, 1.807) is 20.8 Å². The van der Waals surface area contributed by atoms with E-state index >= 15 is 0 Å². The molecule has 0 aliphatic carbocycles. The SMILES string of the molecule is CC(C)(C)[S+]([O-])N[C@]1(C(N)=O)c2ccc(Br)c(F)c2OC[C@@H]1F. The number of rotatable bonds is 3. The van der Waals surface area contributed by atoms with Crippen LogP contribution in [0.15, 0.2) is 16.6 Å². The number of amides is 1. The summed E-state index contributed by atoms with van der Waals surface area (Å²) in [7, 11) is 0. The molecule has 1 heterocycles. The molecule has 3 N–H and O–H groups in total. The predicted octanol–water partition coefficient (Wildman–Crippen LogP) is 2.05. The first-order valence-corrected chi connectivity index (χ1v) is 8.71. The van der Waals surface area contributed by atoms with Crippen LogP contribution in [-0.4, -0.2) is 28.0 Å². The second-order valence-electron chi connectivity index (χ2n) is 6.17. The van der Waals surface area contributed by atoms with Crippen molar-refractivity contribution in [1.82, 2.24) is 4.72 Å². The first kappa shape index (κ1) is 18.4. The van der Waals surface area contributed by atoms with Crippen LogP contribution >= 0.6 is 15.9 Å². The van der Waals surface area contributed by atoms with Crippen molar-refractivity contribution < 1.29 is 22.9 Å². The van der Waals surface area contributed by atoms with E-state index in [4.69, 9.17) is 10.5 Å². The van der Waals surface area contributed by atoms with Crippen molar-refractivity contribution >= 4 is 33.2 Å². The number of carbonyl (C=O) groups excluding carboxylic acids is 1. The van der Waals surface area contributed by atoms with E-state index in [9.17, 15) is 18.1 Å². The second kappa shape index (κ2) is 6.19. The summed E-state index contributed by atoms with van der Waals surface area (Å²) in [5.74, 6) is -2.15. The summed E-state index contributed by atoms with van der Waals surface area (Å²) in [5, 5.41) is 0. The predicted molar refractivity (Wildman–Crippen MR) is 86.4 cm³/mol. The van der Waals surface area contributed by atoms with E-state index in [0.29, 0.717) is 0 Å². The summed E-state index contributed by atoms with van der Waals surface area (Å²) >= 11 is 1.19. The molecule has 2 rings (SSSR count). The quantitative estimate of drug-likeness (QED) is 0.746. The van der Waals surface area contributed by atoms with Gasteiger partial charge in [0.1, 0.15) is 11.4 Å². The molecule has 1 aliphatic heterocycles. The number of hydrogen-bond donors (Lipinski definition) is 2. The highest BCUT2D eigenvalue weighted by molar-refractivity contribution is 9.10. The molecule has 0 fully saturated rings. The van der Waals surface area contributed by atoms with Crippen LogP contribution in [0.3, 0.4) is 0 Å². The summed E-state index contributed by atoms with van der Waals surface area (Å²) < 4.78 is 48.2. The lowest BCUT2D eigenvalue weighted by Gasteiger charge is -2.40. The average Bonchev–Trinajstić information content (AvgIpc) is 2.44. The molecule has 3 atom stereocenters. The van der Waals surface area contributed by atoms with E-state index in [1.165, 1.54) is 12.1 Å². The average molecular weight is 411 g/mol. The molecule has 128 valence electrons. The Morgan fingerprint density at radius 2 is 2.17 bits per heavy atom. The Kier molecular flexibility index (Phi) is 4.97. The molecule has 1 unspecified atom stereocenters. The van der Waals surface area contributed by atoms with Gasteiger partial charge < -0.3 is 15.0 Å². The van der Waals surface area contributed by atoms with Gasteiger partial charge in [0.2, 0.25) is 11.4 Å². The largest absolute Gasteiger partial charge is 0.598 e. The number of primary amides is 1. The Hall–Kier alpha value is -0.900. The first-order valence-electron chi connectivity index (χ1n) is 6.76. The fourth-order valence-corrected chi connectivity index (χ4v) is 3.44. The van der Waals surface area contributed by atoms with E-state index < -0.39 is 46.2 Å². The molecule has 23 heavy (non-hydrogen) atoms. The van der Waals surface area contributed by atoms with E-state index in [1.807, 2.05) is 0 Å². The summed E-state index contributed by atoms with van der Waals surface area (Å²) in [6.45, 7) is 4.37. The number of nitrogens with one attached hydrogen (secondary N) is 1. The maximum absolute atomic E-state index is 14.7. The lowest BCUT2D eigenvalue weighted by molar-refractivity contribution is -0.128. The molecule has 0 saturated heterocycles. The van der Waals surface area contributed by atoms with Gasteiger partial charge in [0.15, 0.2) is 17.7 Å².